The van der Waals surface area contributed by atoms with E-state index in [1.54, 1.807) is 6.92 Å². The third-order valence-electron chi connectivity index (χ3n) is 3.55. The Morgan fingerprint density at radius 3 is 2.38 bits per heavy atom. The van der Waals surface area contributed by atoms with Gasteiger partial charge < -0.3 is 15.8 Å². The Labute approximate surface area is 163 Å². The fraction of sp³-hybridized carbons (Fsp3) is 0.188. The van der Waals surface area contributed by atoms with E-state index < -0.39 is 33.2 Å². The van der Waals surface area contributed by atoms with Crippen LogP contribution in [0.4, 0.5) is 33.5 Å². The minimum atomic E-state index is -0.832. The number of carbonyl (C=O) groups excluding carboxylic acids is 2. The number of ether oxygens (including phenoxy) is 1. The summed E-state index contributed by atoms with van der Waals surface area (Å²) in [6.07, 6.45) is -0.832. The van der Waals surface area contributed by atoms with Gasteiger partial charge in [-0.05, 0) is 19.1 Å². The van der Waals surface area contributed by atoms with Crippen LogP contribution in [0.5, 0.6) is 0 Å². The van der Waals surface area contributed by atoms with Crippen LogP contribution in [0, 0.1) is 20.2 Å². The predicted octanol–water partition coefficient (Wildman–Crippen LogP) is 2.34. The molecular weight excluding hydrogens is 388 g/mol. The molecule has 152 valence electrons. The van der Waals surface area contributed by atoms with Crippen LogP contribution in [0.25, 0.3) is 0 Å². The number of hydrogen-bond donors (Lipinski definition) is 3. The van der Waals surface area contributed by atoms with Crippen molar-refractivity contribution >= 4 is 40.6 Å². The molecule has 1 amide bonds. The average molecular weight is 404 g/mol. The first kappa shape index (κ1) is 21.0. The van der Waals surface area contributed by atoms with Crippen molar-refractivity contribution in [2.45, 2.75) is 6.92 Å². The second-order valence-corrected chi connectivity index (χ2v) is 5.47. The largest absolute Gasteiger partial charge is 0.450 e. The number of nitrogens with one attached hydrogen (secondary N) is 2. The predicted molar refractivity (Wildman–Crippen MR) is 102 cm³/mol. The second kappa shape index (κ2) is 9.07. The van der Waals surface area contributed by atoms with Gasteiger partial charge in [-0.3, -0.25) is 30.3 Å². The van der Waals surface area contributed by atoms with Crippen molar-refractivity contribution in [2.24, 2.45) is 0 Å². The van der Waals surface area contributed by atoms with Crippen LogP contribution >= 0.6 is 0 Å². The van der Waals surface area contributed by atoms with Crippen LogP contribution in [-0.4, -0.2) is 39.9 Å². The third kappa shape index (κ3) is 5.35. The number of non-ortho nitro benzene ring substituents is 1. The molecule has 13 nitrogen and oxygen atoms in total. The Bertz CT molecular complexity index is 961. The van der Waals surface area contributed by atoms with Crippen molar-refractivity contribution in [3.05, 3.63) is 56.1 Å². The Morgan fingerprint density at radius 2 is 1.83 bits per heavy atom. The lowest BCUT2D eigenvalue weighted by atomic mass is 10.1. The van der Waals surface area contributed by atoms with E-state index in [9.17, 15) is 29.8 Å². The molecule has 0 radical (unpaired) electrons. The van der Waals surface area contributed by atoms with Gasteiger partial charge in [-0.15, -0.1) is 0 Å². The molecule has 0 fully saturated rings. The van der Waals surface area contributed by atoms with E-state index in [1.807, 2.05) is 0 Å². The topological polar surface area (TPSA) is 193 Å². The molecule has 0 spiro atoms. The number of anilines is 3. The van der Waals surface area contributed by atoms with Crippen LogP contribution in [-0.2, 0) is 4.74 Å². The number of nitrogens with zero attached hydrogens (tertiary/aromatic N) is 3. The first-order valence-electron chi connectivity index (χ1n) is 8.13. The summed E-state index contributed by atoms with van der Waals surface area (Å²) < 4.78 is 4.70. The number of carbonyl (C=O) groups is 2. The highest BCUT2D eigenvalue weighted by molar-refractivity contribution is 5.99. The zero-order valence-corrected chi connectivity index (χ0v) is 15.1. The Balaban J connectivity index is 2.21. The zero-order chi connectivity index (χ0) is 21.6. The number of nitro groups is 2. The highest BCUT2D eigenvalue weighted by atomic mass is 16.6. The maximum atomic E-state index is 12.3. The van der Waals surface area contributed by atoms with Gasteiger partial charge in [0, 0.05) is 23.8 Å². The minimum Gasteiger partial charge on any atom is -0.450 e. The summed E-state index contributed by atoms with van der Waals surface area (Å²) in [7, 11) is 0. The maximum absolute atomic E-state index is 12.3. The Kier molecular flexibility index (Phi) is 6.58. The average Bonchev–Trinajstić information content (AvgIpc) is 2.65. The zero-order valence-electron chi connectivity index (χ0n) is 15.1. The monoisotopic (exact) mass is 404 g/mol. The van der Waals surface area contributed by atoms with Gasteiger partial charge in [0.1, 0.15) is 11.5 Å². The van der Waals surface area contributed by atoms with Crippen molar-refractivity contribution in [3.63, 3.8) is 0 Å². The highest BCUT2D eigenvalue weighted by Crippen LogP contribution is 2.32. The van der Waals surface area contributed by atoms with Crippen LogP contribution in [0.1, 0.15) is 17.3 Å². The Hall–Kier alpha value is -4.29. The summed E-state index contributed by atoms with van der Waals surface area (Å²) in [5, 5.41) is 26.8. The first-order valence-corrected chi connectivity index (χ1v) is 8.13. The number of nitro benzene ring substituents is 1. The van der Waals surface area contributed by atoms with Crippen molar-refractivity contribution in [2.75, 3.05) is 29.5 Å². The molecule has 0 aliphatic carbocycles. The number of ketones is 1. The number of Topliss-reactive ketones (excluding diaryl/α,β-unsaturated/α-hetero) is 1. The lowest BCUT2D eigenvalue weighted by molar-refractivity contribution is -0.384. The summed E-state index contributed by atoms with van der Waals surface area (Å²) in [6, 6.07) is 6.01. The number of amides is 1. The summed E-state index contributed by atoms with van der Waals surface area (Å²) in [5.74, 6) is -1.07. The molecule has 29 heavy (non-hydrogen) atoms. The van der Waals surface area contributed by atoms with Gasteiger partial charge in [0.05, 0.1) is 23.0 Å². The maximum Gasteiger partial charge on any atom is 0.412 e. The second-order valence-electron chi connectivity index (χ2n) is 5.47. The summed E-state index contributed by atoms with van der Waals surface area (Å²) in [6.45, 7) is 1.32. The van der Waals surface area contributed by atoms with E-state index >= 15 is 0 Å². The molecule has 0 saturated carbocycles. The molecule has 4 N–H and O–H groups in total. The number of nitrogens with two attached hydrogens (primary N) is 1. The lowest BCUT2D eigenvalue weighted by Gasteiger charge is -2.11. The van der Waals surface area contributed by atoms with Crippen molar-refractivity contribution < 1.29 is 24.2 Å². The highest BCUT2D eigenvalue weighted by Gasteiger charge is 2.23. The molecular formula is C16H16N6O7. The minimum absolute atomic E-state index is 0.100. The van der Waals surface area contributed by atoms with E-state index in [0.717, 1.165) is 6.07 Å². The first-order chi connectivity index (χ1) is 13.7. The third-order valence-corrected chi connectivity index (χ3v) is 3.55. The van der Waals surface area contributed by atoms with Crippen LogP contribution in [0.2, 0.25) is 0 Å². The summed E-state index contributed by atoms with van der Waals surface area (Å²) in [4.78, 5) is 48.1. The van der Waals surface area contributed by atoms with Crippen molar-refractivity contribution in [3.8, 4) is 0 Å². The SMILES string of the molecule is CCOC(=O)Nc1cc(NCC(=O)c2ccc([N+](=O)[O-])cc2)c([N+](=O)[O-])c(N)n1. The number of aromatic nitrogens is 1. The molecule has 1 heterocycles. The molecule has 13 heteroatoms. The van der Waals surface area contributed by atoms with Gasteiger partial charge in [-0.2, -0.15) is 0 Å². The van der Waals surface area contributed by atoms with Crippen molar-refractivity contribution in [1.82, 2.24) is 4.98 Å². The number of hydrogen-bond acceptors (Lipinski definition) is 10. The molecule has 1 aromatic heterocycles. The van der Waals surface area contributed by atoms with Crippen LogP contribution in [0.15, 0.2) is 30.3 Å². The fourth-order valence-corrected chi connectivity index (χ4v) is 2.27. The van der Waals surface area contributed by atoms with Crippen LogP contribution in [0.3, 0.4) is 0 Å². The quantitative estimate of drug-likeness (QED) is 0.334. The Morgan fingerprint density at radius 1 is 1.17 bits per heavy atom. The van der Waals surface area contributed by atoms with Gasteiger partial charge >= 0.3 is 11.8 Å². The number of nitrogen functional groups attached to an aromatic ring is 1. The number of benzene rings is 1. The van der Waals surface area contributed by atoms with Gasteiger partial charge in [0.15, 0.2) is 5.78 Å². The van der Waals surface area contributed by atoms with Gasteiger partial charge in [-0.25, -0.2) is 9.78 Å². The molecule has 0 aliphatic heterocycles. The van der Waals surface area contributed by atoms with Crippen LogP contribution < -0.4 is 16.4 Å². The molecule has 0 saturated heterocycles. The summed E-state index contributed by atoms with van der Waals surface area (Å²) >= 11 is 0. The van der Waals surface area contributed by atoms with E-state index in [-0.39, 0.29) is 35.9 Å². The lowest BCUT2D eigenvalue weighted by Crippen LogP contribution is -2.18. The summed E-state index contributed by atoms with van der Waals surface area (Å²) in [5.41, 5.74) is 4.87. The van der Waals surface area contributed by atoms with Gasteiger partial charge in [-0.1, -0.05) is 0 Å². The normalized spacial score (nSPS) is 10.1. The molecule has 0 atom stereocenters. The van der Waals surface area contributed by atoms with Crippen molar-refractivity contribution in [1.29, 1.82) is 0 Å². The molecule has 2 rings (SSSR count). The molecule has 0 aliphatic rings. The number of rotatable bonds is 8. The van der Waals surface area contributed by atoms with E-state index in [4.69, 9.17) is 10.5 Å². The van der Waals surface area contributed by atoms with E-state index in [1.165, 1.54) is 24.3 Å². The molecule has 1 aromatic carbocycles. The molecule has 0 bridgehead atoms. The fourth-order valence-electron chi connectivity index (χ4n) is 2.27. The number of pyridine rings is 1. The van der Waals surface area contributed by atoms with Gasteiger partial charge in [0.2, 0.25) is 5.82 Å². The van der Waals surface area contributed by atoms with E-state index in [2.05, 4.69) is 15.6 Å². The van der Waals surface area contributed by atoms with Gasteiger partial charge in [0.25, 0.3) is 5.69 Å². The van der Waals surface area contributed by atoms with E-state index in [0.29, 0.717) is 0 Å². The standard InChI is InChI=1S/C16H16N6O7/c1-2-29-16(24)20-13-7-11(14(22(27)28)15(17)19-13)18-8-12(23)9-3-5-10(6-4-9)21(25)26/h3-7H,2,8H2,1H3,(H4,17,18,19,20,24). The molecule has 0 unspecified atom stereocenters. The smallest absolute Gasteiger partial charge is 0.412 e. The molecule has 2 aromatic rings.